The molecule has 0 bridgehead atoms. The molecule has 3 aromatic rings. The van der Waals surface area contributed by atoms with Gasteiger partial charge < -0.3 is 18.6 Å². The lowest BCUT2D eigenvalue weighted by Crippen LogP contribution is -2.15. The molecule has 1 aromatic heterocycles. The monoisotopic (exact) mass is 410 g/mol. The fraction of sp³-hybridized carbons (Fsp3) is 0.333. The average molecular weight is 410 g/mol. The lowest BCUT2D eigenvalue weighted by Gasteiger charge is -2.13. The van der Waals surface area contributed by atoms with Crippen molar-refractivity contribution in [2.75, 3.05) is 13.2 Å². The van der Waals surface area contributed by atoms with Gasteiger partial charge in [-0.2, -0.15) is 0 Å². The highest BCUT2D eigenvalue weighted by molar-refractivity contribution is 5.79. The summed E-state index contributed by atoms with van der Waals surface area (Å²) in [6, 6.07) is 12.4. The lowest BCUT2D eigenvalue weighted by atomic mass is 10.0. The lowest BCUT2D eigenvalue weighted by molar-refractivity contribution is -0.146. The molecule has 1 heterocycles. The quantitative estimate of drug-likeness (QED) is 0.346. The Kier molecular flexibility index (Phi) is 7.12. The molecule has 0 unspecified atom stereocenters. The number of hydrogen-bond donors (Lipinski definition) is 0. The second kappa shape index (κ2) is 9.96. The number of rotatable bonds is 9. The van der Waals surface area contributed by atoms with Crippen molar-refractivity contribution < 1.29 is 23.4 Å². The van der Waals surface area contributed by atoms with Gasteiger partial charge in [0, 0.05) is 6.07 Å². The van der Waals surface area contributed by atoms with Gasteiger partial charge in [-0.05, 0) is 36.1 Å². The molecule has 0 amide bonds. The van der Waals surface area contributed by atoms with Gasteiger partial charge in [0.25, 0.3) is 0 Å². The summed E-state index contributed by atoms with van der Waals surface area (Å²) in [5.41, 5.74) is 1.08. The Morgan fingerprint density at radius 2 is 1.90 bits per heavy atom. The highest BCUT2D eigenvalue weighted by atomic mass is 16.6. The molecule has 3 rings (SSSR count). The molecule has 2 aromatic carbocycles. The van der Waals surface area contributed by atoms with E-state index in [1.54, 1.807) is 18.2 Å². The third kappa shape index (κ3) is 5.20. The molecule has 0 saturated heterocycles. The Bertz CT molecular complexity index is 1070. The SMILES string of the molecule is CCCCOC(=O)COc1ccc2c(=O)c(Oc3ccccc3C(C)C)coc2c1. The van der Waals surface area contributed by atoms with Crippen LogP contribution in [0.4, 0.5) is 0 Å². The highest BCUT2D eigenvalue weighted by Gasteiger charge is 2.14. The van der Waals surface area contributed by atoms with Crippen molar-refractivity contribution in [3.63, 3.8) is 0 Å². The first-order chi connectivity index (χ1) is 14.5. The topological polar surface area (TPSA) is 75.0 Å². The number of benzene rings is 2. The van der Waals surface area contributed by atoms with E-state index in [9.17, 15) is 9.59 Å². The number of carbonyl (C=O) groups excluding carboxylic acids is 1. The second-order valence-corrected chi connectivity index (χ2v) is 7.24. The molecule has 0 saturated carbocycles. The van der Waals surface area contributed by atoms with E-state index in [0.29, 0.717) is 29.1 Å². The maximum absolute atomic E-state index is 12.8. The predicted molar refractivity (Wildman–Crippen MR) is 114 cm³/mol. The molecule has 0 N–H and O–H groups in total. The third-order valence-corrected chi connectivity index (χ3v) is 4.59. The Labute approximate surface area is 175 Å². The van der Waals surface area contributed by atoms with E-state index in [1.807, 2.05) is 31.2 Å². The molecule has 6 nitrogen and oxygen atoms in total. The van der Waals surface area contributed by atoms with Crippen molar-refractivity contribution in [3.05, 3.63) is 64.5 Å². The minimum absolute atomic E-state index is 0.115. The smallest absolute Gasteiger partial charge is 0.344 e. The summed E-state index contributed by atoms with van der Waals surface area (Å²) in [5, 5.41) is 0.368. The van der Waals surface area contributed by atoms with Crippen molar-refractivity contribution in [3.8, 4) is 17.2 Å². The first-order valence-corrected chi connectivity index (χ1v) is 10.1. The van der Waals surface area contributed by atoms with Gasteiger partial charge in [-0.25, -0.2) is 4.79 Å². The summed E-state index contributed by atoms with van der Waals surface area (Å²) in [7, 11) is 0. The number of para-hydroxylation sites is 1. The van der Waals surface area contributed by atoms with Gasteiger partial charge in [0.15, 0.2) is 6.61 Å². The predicted octanol–water partition coefficient (Wildman–Crippen LogP) is 5.43. The van der Waals surface area contributed by atoms with Gasteiger partial charge in [-0.15, -0.1) is 0 Å². The molecule has 0 fully saturated rings. The Morgan fingerprint density at radius 1 is 1.10 bits per heavy atom. The molecule has 0 radical (unpaired) electrons. The van der Waals surface area contributed by atoms with E-state index < -0.39 is 5.97 Å². The molecule has 0 spiro atoms. The fourth-order valence-corrected chi connectivity index (χ4v) is 2.93. The van der Waals surface area contributed by atoms with Gasteiger partial charge in [0.1, 0.15) is 23.3 Å². The first kappa shape index (κ1) is 21.4. The third-order valence-electron chi connectivity index (χ3n) is 4.59. The summed E-state index contributed by atoms with van der Waals surface area (Å²) < 4.78 is 22.0. The van der Waals surface area contributed by atoms with Gasteiger partial charge in [0.2, 0.25) is 11.2 Å². The zero-order valence-corrected chi connectivity index (χ0v) is 17.5. The minimum atomic E-state index is -0.433. The number of hydrogen-bond acceptors (Lipinski definition) is 6. The van der Waals surface area contributed by atoms with Crippen molar-refractivity contribution in [1.29, 1.82) is 0 Å². The van der Waals surface area contributed by atoms with Gasteiger partial charge in [-0.1, -0.05) is 45.4 Å². The summed E-state index contributed by atoms with van der Waals surface area (Å²) >= 11 is 0. The van der Waals surface area contributed by atoms with Crippen LogP contribution >= 0.6 is 0 Å². The zero-order chi connectivity index (χ0) is 21.5. The maximum atomic E-state index is 12.8. The van der Waals surface area contributed by atoms with Crippen LogP contribution in [0.5, 0.6) is 17.2 Å². The molecular weight excluding hydrogens is 384 g/mol. The number of ether oxygens (including phenoxy) is 3. The van der Waals surface area contributed by atoms with Crippen LogP contribution in [0.1, 0.15) is 45.1 Å². The molecule has 158 valence electrons. The molecule has 0 atom stereocenters. The van der Waals surface area contributed by atoms with Gasteiger partial charge in [-0.3, -0.25) is 4.79 Å². The molecule has 0 aliphatic heterocycles. The van der Waals surface area contributed by atoms with Crippen LogP contribution in [0.15, 0.2) is 57.9 Å². The molecule has 6 heteroatoms. The molecular formula is C24H26O6. The van der Waals surface area contributed by atoms with Crippen LogP contribution in [0, 0.1) is 0 Å². The second-order valence-electron chi connectivity index (χ2n) is 7.24. The largest absolute Gasteiger partial charge is 0.482 e. The van der Waals surface area contributed by atoms with Crippen LogP contribution in [0.3, 0.4) is 0 Å². The first-order valence-electron chi connectivity index (χ1n) is 10.1. The summed E-state index contributed by atoms with van der Waals surface area (Å²) in [6.45, 7) is 6.33. The normalized spacial score (nSPS) is 10.9. The number of unbranched alkanes of at least 4 members (excludes halogenated alkanes) is 1. The molecule has 0 aliphatic carbocycles. The van der Waals surface area contributed by atoms with Crippen LogP contribution < -0.4 is 14.9 Å². The summed E-state index contributed by atoms with van der Waals surface area (Å²) in [4.78, 5) is 24.5. The maximum Gasteiger partial charge on any atom is 0.344 e. The van der Waals surface area contributed by atoms with E-state index in [0.717, 1.165) is 18.4 Å². The van der Waals surface area contributed by atoms with E-state index in [-0.39, 0.29) is 23.7 Å². The standard InChI is InChI=1S/C24H26O6/c1-4-5-12-27-23(25)15-28-17-10-11-19-21(13-17)29-14-22(24(19)26)30-20-9-7-6-8-18(20)16(2)3/h6-11,13-14,16H,4-5,12,15H2,1-3H3. The molecule has 30 heavy (non-hydrogen) atoms. The molecule has 0 aliphatic rings. The Balaban J connectivity index is 1.75. The summed E-state index contributed by atoms with van der Waals surface area (Å²) in [5.74, 6) is 0.973. The van der Waals surface area contributed by atoms with Crippen LogP contribution in [0.2, 0.25) is 0 Å². The number of fused-ring (bicyclic) bond motifs is 1. The van der Waals surface area contributed by atoms with Crippen molar-refractivity contribution in [2.24, 2.45) is 0 Å². The average Bonchev–Trinajstić information content (AvgIpc) is 2.74. The van der Waals surface area contributed by atoms with Crippen molar-refractivity contribution in [1.82, 2.24) is 0 Å². The van der Waals surface area contributed by atoms with Crippen LogP contribution in [-0.4, -0.2) is 19.2 Å². The zero-order valence-electron chi connectivity index (χ0n) is 17.5. The van der Waals surface area contributed by atoms with Gasteiger partial charge >= 0.3 is 5.97 Å². The summed E-state index contributed by atoms with van der Waals surface area (Å²) in [6.07, 6.45) is 3.07. The van der Waals surface area contributed by atoms with Crippen LogP contribution in [-0.2, 0) is 9.53 Å². The van der Waals surface area contributed by atoms with Gasteiger partial charge in [0.05, 0.1) is 12.0 Å². The fourth-order valence-electron chi connectivity index (χ4n) is 2.93. The van der Waals surface area contributed by atoms with E-state index in [2.05, 4.69) is 13.8 Å². The van der Waals surface area contributed by atoms with E-state index in [1.165, 1.54) is 6.26 Å². The van der Waals surface area contributed by atoms with Crippen molar-refractivity contribution >= 4 is 16.9 Å². The van der Waals surface area contributed by atoms with Crippen molar-refractivity contribution in [2.45, 2.75) is 39.5 Å². The minimum Gasteiger partial charge on any atom is -0.482 e. The van der Waals surface area contributed by atoms with E-state index >= 15 is 0 Å². The van der Waals surface area contributed by atoms with E-state index in [4.69, 9.17) is 18.6 Å². The highest BCUT2D eigenvalue weighted by Crippen LogP contribution is 2.30. The Hall–Kier alpha value is -3.28. The number of carbonyl (C=O) groups is 1. The Morgan fingerprint density at radius 3 is 2.67 bits per heavy atom. The number of esters is 1. The van der Waals surface area contributed by atoms with Crippen LogP contribution in [0.25, 0.3) is 11.0 Å².